The molecule has 1 saturated carbocycles. The van der Waals surface area contributed by atoms with E-state index in [1.807, 2.05) is 4.68 Å². The van der Waals surface area contributed by atoms with E-state index in [1.54, 1.807) is 13.4 Å². The topological polar surface area (TPSA) is 52.0 Å². The molecule has 1 aliphatic carbocycles. The van der Waals surface area contributed by atoms with Crippen molar-refractivity contribution < 1.29 is 4.74 Å². The Morgan fingerprint density at radius 3 is 2.83 bits per heavy atom. The quantitative estimate of drug-likeness (QED) is 0.867. The van der Waals surface area contributed by atoms with Crippen LogP contribution >= 0.6 is 0 Å². The molecule has 102 valence electrons. The van der Waals surface area contributed by atoms with Gasteiger partial charge in [0.2, 0.25) is 0 Å². The highest BCUT2D eigenvalue weighted by molar-refractivity contribution is 5.03. The molecule has 0 bridgehead atoms. The molecule has 0 amide bonds. The van der Waals surface area contributed by atoms with Crippen molar-refractivity contribution in [2.45, 2.75) is 58.8 Å². The first-order valence-electron chi connectivity index (χ1n) is 6.61. The van der Waals surface area contributed by atoms with E-state index >= 15 is 0 Å². The number of hydrogen-bond acceptors (Lipinski definition) is 4. The Morgan fingerprint density at radius 2 is 2.28 bits per heavy atom. The first-order chi connectivity index (χ1) is 8.46. The minimum atomic E-state index is 0.192. The van der Waals surface area contributed by atoms with Crippen LogP contribution in [0.2, 0.25) is 0 Å². The summed E-state index contributed by atoms with van der Waals surface area (Å²) in [7, 11) is 1.79. The Morgan fingerprint density at radius 1 is 1.56 bits per heavy atom. The highest BCUT2D eigenvalue weighted by Gasteiger charge is 2.48. The molecule has 1 heterocycles. The molecule has 1 fully saturated rings. The number of hydrogen-bond donors (Lipinski definition) is 1. The molecular formula is C13H24N4O. The molecule has 5 heteroatoms. The van der Waals surface area contributed by atoms with Crippen LogP contribution in [0.5, 0.6) is 0 Å². The number of nitrogens with one attached hydrogen (secondary N) is 1. The van der Waals surface area contributed by atoms with Crippen molar-refractivity contribution in [2.75, 3.05) is 7.11 Å². The van der Waals surface area contributed by atoms with E-state index in [-0.39, 0.29) is 5.41 Å². The standard InChI is InChI=1S/C13H24N4O/c1-9(2)17-12(15-8-16-17)7-14-10-6-11(18-5)13(10,3)4/h8-11,14H,6-7H2,1-5H3. The smallest absolute Gasteiger partial charge is 0.141 e. The summed E-state index contributed by atoms with van der Waals surface area (Å²) in [5.74, 6) is 1.00. The number of nitrogens with zero attached hydrogens (tertiary/aromatic N) is 3. The van der Waals surface area contributed by atoms with Crippen molar-refractivity contribution >= 4 is 0 Å². The van der Waals surface area contributed by atoms with Crippen molar-refractivity contribution in [3.8, 4) is 0 Å². The van der Waals surface area contributed by atoms with Crippen LogP contribution in [-0.4, -0.2) is 34.0 Å². The number of methoxy groups -OCH3 is 1. The van der Waals surface area contributed by atoms with Crippen LogP contribution < -0.4 is 5.32 Å². The lowest BCUT2D eigenvalue weighted by Gasteiger charge is -2.51. The Bertz CT molecular complexity index is 399. The van der Waals surface area contributed by atoms with Gasteiger partial charge in [0.15, 0.2) is 0 Å². The van der Waals surface area contributed by atoms with E-state index in [4.69, 9.17) is 4.74 Å². The molecule has 2 atom stereocenters. The van der Waals surface area contributed by atoms with Gasteiger partial charge in [-0.3, -0.25) is 0 Å². The largest absolute Gasteiger partial charge is 0.381 e. The van der Waals surface area contributed by atoms with Gasteiger partial charge in [0.1, 0.15) is 12.2 Å². The maximum atomic E-state index is 5.46. The van der Waals surface area contributed by atoms with E-state index in [1.165, 1.54) is 0 Å². The molecule has 2 rings (SSSR count). The van der Waals surface area contributed by atoms with Crippen molar-refractivity contribution in [2.24, 2.45) is 5.41 Å². The van der Waals surface area contributed by atoms with Crippen LogP contribution in [0.25, 0.3) is 0 Å². The molecule has 0 radical (unpaired) electrons. The second-order valence-electron chi connectivity index (χ2n) is 5.93. The highest BCUT2D eigenvalue weighted by atomic mass is 16.5. The minimum absolute atomic E-state index is 0.192. The SMILES string of the molecule is COC1CC(NCc2ncnn2C(C)C)C1(C)C. The summed E-state index contributed by atoms with van der Waals surface area (Å²) in [5, 5.41) is 7.81. The molecule has 0 aromatic carbocycles. The lowest BCUT2D eigenvalue weighted by atomic mass is 9.64. The van der Waals surface area contributed by atoms with Gasteiger partial charge in [-0.15, -0.1) is 0 Å². The number of ether oxygens (including phenoxy) is 1. The molecule has 0 aliphatic heterocycles. The maximum absolute atomic E-state index is 5.46. The second-order valence-corrected chi connectivity index (χ2v) is 5.93. The van der Waals surface area contributed by atoms with Gasteiger partial charge in [-0.05, 0) is 20.3 Å². The van der Waals surface area contributed by atoms with Crippen molar-refractivity contribution in [3.05, 3.63) is 12.2 Å². The lowest BCUT2D eigenvalue weighted by Crippen LogP contribution is -2.60. The summed E-state index contributed by atoms with van der Waals surface area (Å²) in [6, 6.07) is 0.838. The van der Waals surface area contributed by atoms with Crippen LogP contribution in [-0.2, 0) is 11.3 Å². The third-order valence-corrected chi connectivity index (χ3v) is 4.11. The fourth-order valence-corrected chi connectivity index (χ4v) is 2.68. The summed E-state index contributed by atoms with van der Waals surface area (Å²) in [5.41, 5.74) is 0.192. The van der Waals surface area contributed by atoms with Crippen LogP contribution in [0, 0.1) is 5.41 Å². The first kappa shape index (κ1) is 13.5. The molecule has 0 spiro atoms. The molecule has 5 nitrogen and oxygen atoms in total. The lowest BCUT2D eigenvalue weighted by molar-refractivity contribution is -0.0981. The summed E-state index contributed by atoms with van der Waals surface area (Å²) < 4.78 is 7.42. The van der Waals surface area contributed by atoms with Gasteiger partial charge >= 0.3 is 0 Å². The fourth-order valence-electron chi connectivity index (χ4n) is 2.68. The van der Waals surface area contributed by atoms with Gasteiger partial charge in [-0.2, -0.15) is 5.10 Å². The van der Waals surface area contributed by atoms with Gasteiger partial charge in [-0.25, -0.2) is 9.67 Å². The number of aromatic nitrogens is 3. The zero-order valence-electron chi connectivity index (χ0n) is 12.0. The minimum Gasteiger partial charge on any atom is -0.381 e. The van der Waals surface area contributed by atoms with Gasteiger partial charge < -0.3 is 10.1 Å². The summed E-state index contributed by atoms with van der Waals surface area (Å²) in [6.07, 6.45) is 3.05. The average Bonchev–Trinajstić information content (AvgIpc) is 2.76. The third-order valence-electron chi connectivity index (χ3n) is 4.11. The molecule has 18 heavy (non-hydrogen) atoms. The molecule has 1 N–H and O–H groups in total. The van der Waals surface area contributed by atoms with E-state index in [0.717, 1.165) is 18.8 Å². The molecule has 0 saturated heterocycles. The summed E-state index contributed by atoms with van der Waals surface area (Å²) in [4.78, 5) is 4.31. The highest BCUT2D eigenvalue weighted by Crippen LogP contribution is 2.42. The number of rotatable bonds is 5. The average molecular weight is 252 g/mol. The van der Waals surface area contributed by atoms with Gasteiger partial charge in [-0.1, -0.05) is 13.8 Å². The van der Waals surface area contributed by atoms with Crippen LogP contribution in [0.1, 0.15) is 46.0 Å². The summed E-state index contributed by atoms with van der Waals surface area (Å²) in [6.45, 7) is 9.49. The monoisotopic (exact) mass is 252 g/mol. The van der Waals surface area contributed by atoms with Crippen LogP contribution in [0.3, 0.4) is 0 Å². The zero-order valence-corrected chi connectivity index (χ0v) is 12.0. The van der Waals surface area contributed by atoms with Crippen molar-refractivity contribution in [1.29, 1.82) is 0 Å². The van der Waals surface area contributed by atoms with E-state index in [2.05, 4.69) is 43.1 Å². The third kappa shape index (κ3) is 2.29. The van der Waals surface area contributed by atoms with Crippen LogP contribution in [0.4, 0.5) is 0 Å². The Balaban J connectivity index is 1.91. The molecular weight excluding hydrogens is 228 g/mol. The summed E-state index contributed by atoms with van der Waals surface area (Å²) >= 11 is 0. The van der Waals surface area contributed by atoms with Gasteiger partial charge in [0.25, 0.3) is 0 Å². The molecule has 1 aromatic heterocycles. The Hall–Kier alpha value is -0.940. The van der Waals surface area contributed by atoms with Gasteiger partial charge in [0.05, 0.1) is 12.6 Å². The fraction of sp³-hybridized carbons (Fsp3) is 0.846. The predicted octanol–water partition coefficient (Wildman–Crippen LogP) is 1.76. The van der Waals surface area contributed by atoms with Crippen molar-refractivity contribution in [3.63, 3.8) is 0 Å². The van der Waals surface area contributed by atoms with E-state index in [9.17, 15) is 0 Å². The zero-order chi connectivity index (χ0) is 13.3. The Kier molecular flexibility index (Phi) is 3.73. The molecule has 1 aromatic rings. The maximum Gasteiger partial charge on any atom is 0.141 e. The van der Waals surface area contributed by atoms with E-state index in [0.29, 0.717) is 18.2 Å². The second kappa shape index (κ2) is 4.97. The van der Waals surface area contributed by atoms with E-state index < -0.39 is 0 Å². The van der Waals surface area contributed by atoms with Crippen molar-refractivity contribution in [1.82, 2.24) is 20.1 Å². The molecule has 2 unspecified atom stereocenters. The normalized spacial score (nSPS) is 26.3. The Labute approximate surface area is 109 Å². The first-order valence-corrected chi connectivity index (χ1v) is 6.61. The molecule has 1 aliphatic rings. The van der Waals surface area contributed by atoms with Crippen LogP contribution in [0.15, 0.2) is 6.33 Å². The predicted molar refractivity (Wildman–Crippen MR) is 70.2 cm³/mol. The van der Waals surface area contributed by atoms with Gasteiger partial charge in [0, 0.05) is 24.6 Å².